The van der Waals surface area contributed by atoms with E-state index in [1.165, 1.54) is 54.7 Å². The van der Waals surface area contributed by atoms with Gasteiger partial charge in [0, 0.05) is 49.8 Å². The monoisotopic (exact) mass is 574 g/mol. The molecule has 3 aromatic heterocycles. The van der Waals surface area contributed by atoms with Crippen molar-refractivity contribution < 1.29 is 4.42 Å². The van der Waals surface area contributed by atoms with E-state index in [1.54, 1.807) is 0 Å². The molecule has 0 aliphatic heterocycles. The van der Waals surface area contributed by atoms with Crippen molar-refractivity contribution in [3.05, 3.63) is 158 Å². The van der Waals surface area contributed by atoms with Gasteiger partial charge in [0.1, 0.15) is 11.2 Å². The van der Waals surface area contributed by atoms with Crippen LogP contribution in [0.4, 0.5) is 0 Å². The van der Waals surface area contributed by atoms with Crippen molar-refractivity contribution in [2.45, 2.75) is 0 Å². The molecule has 0 saturated heterocycles. The van der Waals surface area contributed by atoms with Crippen LogP contribution in [0.1, 0.15) is 0 Å². The van der Waals surface area contributed by atoms with E-state index in [9.17, 15) is 0 Å². The molecular formula is C42H26N2O. The molecule has 3 heteroatoms. The fraction of sp³-hybridized carbons (Fsp3) is 0. The summed E-state index contributed by atoms with van der Waals surface area (Å²) in [6.07, 6.45) is 0. The van der Waals surface area contributed by atoms with Gasteiger partial charge in [-0.2, -0.15) is 0 Å². The summed E-state index contributed by atoms with van der Waals surface area (Å²) < 4.78 is 11.1. The number of aromatic nitrogens is 2. The van der Waals surface area contributed by atoms with E-state index >= 15 is 0 Å². The van der Waals surface area contributed by atoms with E-state index in [4.69, 9.17) is 4.42 Å². The lowest BCUT2D eigenvalue weighted by atomic mass is 10.0. The quantitative estimate of drug-likeness (QED) is 0.206. The Balaban J connectivity index is 1.28. The van der Waals surface area contributed by atoms with Crippen molar-refractivity contribution in [3.63, 3.8) is 0 Å². The molecule has 3 heterocycles. The van der Waals surface area contributed by atoms with Crippen LogP contribution in [0.25, 0.3) is 88.1 Å². The highest BCUT2D eigenvalue weighted by molar-refractivity contribution is 6.29. The lowest BCUT2D eigenvalue weighted by Crippen LogP contribution is -1.95. The van der Waals surface area contributed by atoms with Gasteiger partial charge >= 0.3 is 0 Å². The highest BCUT2D eigenvalue weighted by Gasteiger charge is 2.21. The molecule has 45 heavy (non-hydrogen) atoms. The van der Waals surface area contributed by atoms with Gasteiger partial charge in [-0.15, -0.1) is 0 Å². The van der Waals surface area contributed by atoms with Gasteiger partial charge in [-0.3, -0.25) is 0 Å². The van der Waals surface area contributed by atoms with Gasteiger partial charge in [0.05, 0.1) is 22.1 Å². The van der Waals surface area contributed by atoms with Gasteiger partial charge in [-0.1, -0.05) is 97.1 Å². The SMILES string of the molecule is c1ccc(-c2cccc(-n3c4ccccc4c4c5c6ccccc6n(-c6ccc7c(c6)oc6ccccc67)c5ccc43)c2)cc1. The van der Waals surface area contributed by atoms with E-state index in [0.717, 1.165) is 33.3 Å². The Kier molecular flexibility index (Phi) is 5.00. The molecule has 0 unspecified atom stereocenters. The number of fused-ring (bicyclic) bond motifs is 10. The molecule has 0 bridgehead atoms. The zero-order chi connectivity index (χ0) is 29.5. The van der Waals surface area contributed by atoms with Gasteiger partial charge in [0.15, 0.2) is 0 Å². The molecule has 0 amide bonds. The van der Waals surface area contributed by atoms with Crippen LogP contribution in [0.15, 0.2) is 162 Å². The molecule has 0 atom stereocenters. The third-order valence-corrected chi connectivity index (χ3v) is 9.30. The molecule has 0 spiro atoms. The fourth-order valence-electron chi connectivity index (χ4n) is 7.38. The first kappa shape index (κ1) is 24.4. The molecular weight excluding hydrogens is 548 g/mol. The molecule has 0 saturated carbocycles. The van der Waals surface area contributed by atoms with Crippen molar-refractivity contribution in [2.75, 3.05) is 0 Å². The van der Waals surface area contributed by atoms with E-state index in [-0.39, 0.29) is 0 Å². The molecule has 7 aromatic carbocycles. The highest BCUT2D eigenvalue weighted by Crippen LogP contribution is 2.43. The zero-order valence-electron chi connectivity index (χ0n) is 24.3. The molecule has 0 fully saturated rings. The van der Waals surface area contributed by atoms with Crippen LogP contribution < -0.4 is 0 Å². The summed E-state index contributed by atoms with van der Waals surface area (Å²) in [7, 11) is 0. The summed E-state index contributed by atoms with van der Waals surface area (Å²) in [6.45, 7) is 0. The summed E-state index contributed by atoms with van der Waals surface area (Å²) >= 11 is 0. The largest absolute Gasteiger partial charge is 0.456 e. The van der Waals surface area contributed by atoms with Crippen LogP contribution in [0, 0.1) is 0 Å². The first-order valence-corrected chi connectivity index (χ1v) is 15.4. The van der Waals surface area contributed by atoms with Gasteiger partial charge in [-0.05, 0) is 65.7 Å². The second-order valence-electron chi connectivity index (χ2n) is 11.8. The van der Waals surface area contributed by atoms with E-state index in [2.05, 4.69) is 155 Å². The summed E-state index contributed by atoms with van der Waals surface area (Å²) in [5.74, 6) is 0. The van der Waals surface area contributed by atoms with E-state index < -0.39 is 0 Å². The lowest BCUT2D eigenvalue weighted by molar-refractivity contribution is 0.668. The third-order valence-electron chi connectivity index (χ3n) is 9.30. The minimum Gasteiger partial charge on any atom is -0.456 e. The third kappa shape index (κ3) is 3.46. The maximum absolute atomic E-state index is 6.32. The zero-order valence-corrected chi connectivity index (χ0v) is 24.3. The van der Waals surface area contributed by atoms with Crippen LogP contribution in [-0.4, -0.2) is 9.13 Å². The number of benzene rings is 7. The number of furan rings is 1. The summed E-state index contributed by atoms with van der Waals surface area (Å²) in [6, 6.07) is 56.5. The Morgan fingerprint density at radius 2 is 0.889 bits per heavy atom. The molecule has 3 nitrogen and oxygen atoms in total. The van der Waals surface area contributed by atoms with Crippen LogP contribution >= 0.6 is 0 Å². The van der Waals surface area contributed by atoms with Gasteiger partial charge in [-0.25, -0.2) is 0 Å². The van der Waals surface area contributed by atoms with Crippen molar-refractivity contribution in [1.82, 2.24) is 9.13 Å². The number of hydrogen-bond donors (Lipinski definition) is 0. The van der Waals surface area contributed by atoms with Gasteiger partial charge in [0.25, 0.3) is 0 Å². The molecule has 10 aromatic rings. The van der Waals surface area contributed by atoms with E-state index in [1.807, 2.05) is 12.1 Å². The predicted molar refractivity (Wildman–Crippen MR) is 188 cm³/mol. The number of para-hydroxylation sites is 3. The Morgan fingerprint density at radius 3 is 1.60 bits per heavy atom. The minimum atomic E-state index is 0.899. The molecule has 0 N–H and O–H groups in total. The lowest BCUT2D eigenvalue weighted by Gasteiger charge is -2.11. The standard InChI is InChI=1S/C42H26N2O/c1-2-11-27(12-3-1)28-13-10-14-29(25-28)43-35-18-7-4-16-33(35)41-37(43)23-24-38-42(41)34-17-5-8-19-36(34)44(38)30-21-22-32-31-15-6-9-20-39(31)45-40(32)26-30/h1-26H. The van der Waals surface area contributed by atoms with Crippen molar-refractivity contribution in [3.8, 4) is 22.5 Å². The molecule has 10 rings (SSSR count). The average Bonchev–Trinajstić information content (AvgIpc) is 3.76. The molecule has 0 aliphatic rings. The second kappa shape index (κ2) is 9.22. The minimum absolute atomic E-state index is 0.899. The van der Waals surface area contributed by atoms with E-state index in [0.29, 0.717) is 0 Å². The Bertz CT molecular complexity index is 2760. The van der Waals surface area contributed by atoms with Gasteiger partial charge < -0.3 is 13.6 Å². The number of nitrogens with zero attached hydrogens (tertiary/aromatic N) is 2. The van der Waals surface area contributed by atoms with Crippen LogP contribution in [0.2, 0.25) is 0 Å². The van der Waals surface area contributed by atoms with Crippen LogP contribution in [0.3, 0.4) is 0 Å². The molecule has 0 aliphatic carbocycles. The Labute approximate surface area is 258 Å². The maximum atomic E-state index is 6.32. The molecule has 0 radical (unpaired) electrons. The Morgan fingerprint density at radius 1 is 0.333 bits per heavy atom. The first-order valence-electron chi connectivity index (χ1n) is 15.4. The number of hydrogen-bond acceptors (Lipinski definition) is 1. The van der Waals surface area contributed by atoms with Gasteiger partial charge in [0.2, 0.25) is 0 Å². The van der Waals surface area contributed by atoms with Crippen molar-refractivity contribution in [2.24, 2.45) is 0 Å². The van der Waals surface area contributed by atoms with Crippen LogP contribution in [-0.2, 0) is 0 Å². The van der Waals surface area contributed by atoms with Crippen molar-refractivity contribution >= 4 is 65.6 Å². The first-order chi connectivity index (χ1) is 22.3. The highest BCUT2D eigenvalue weighted by atomic mass is 16.3. The number of rotatable bonds is 3. The summed E-state index contributed by atoms with van der Waals surface area (Å²) in [4.78, 5) is 0. The normalized spacial score (nSPS) is 12.0. The van der Waals surface area contributed by atoms with Crippen LogP contribution in [0.5, 0.6) is 0 Å². The molecule has 210 valence electrons. The average molecular weight is 575 g/mol. The predicted octanol–water partition coefficient (Wildman–Crippen LogP) is 11.4. The summed E-state index contributed by atoms with van der Waals surface area (Å²) in [5, 5.41) is 7.31. The second-order valence-corrected chi connectivity index (χ2v) is 11.8. The smallest absolute Gasteiger partial charge is 0.137 e. The summed E-state index contributed by atoms with van der Waals surface area (Å²) in [5.41, 5.74) is 11.2. The topological polar surface area (TPSA) is 23.0 Å². The maximum Gasteiger partial charge on any atom is 0.137 e. The Hall–Kier alpha value is -6.06. The fourth-order valence-corrected chi connectivity index (χ4v) is 7.38. The van der Waals surface area contributed by atoms with Crippen molar-refractivity contribution in [1.29, 1.82) is 0 Å².